The molecule has 0 saturated carbocycles. The molecule has 1 heterocycles. The van der Waals surface area contributed by atoms with Gasteiger partial charge in [-0.05, 0) is 30.9 Å². The minimum absolute atomic E-state index is 0.0971. The smallest absolute Gasteiger partial charge is 0.313 e. The zero-order chi connectivity index (χ0) is 13.3. The Balaban J connectivity index is 2.43. The Morgan fingerprint density at radius 2 is 2.11 bits per heavy atom. The van der Waals surface area contributed by atoms with E-state index in [2.05, 4.69) is 31.3 Å². The predicted octanol–water partition coefficient (Wildman–Crippen LogP) is 2.86. The highest BCUT2D eigenvalue weighted by Gasteiger charge is 2.46. The maximum atomic E-state index is 12.2. The monoisotopic (exact) mass is 247 g/mol. The third kappa shape index (κ3) is 1.98. The standard InChI is InChI=1S/C15H21NO2/c1-10(2)13-15(3,14(17)18-4)9-11-7-5-6-8-12(11)16-13/h5-8,10,13,16H,9H2,1-4H3/t13-,15-/m0/s1. The molecule has 1 N–H and O–H groups in total. The van der Waals surface area contributed by atoms with Crippen LogP contribution in [0.3, 0.4) is 0 Å². The van der Waals surface area contributed by atoms with Crippen molar-refractivity contribution in [2.75, 3.05) is 12.4 Å². The van der Waals surface area contributed by atoms with Gasteiger partial charge in [0.05, 0.1) is 12.5 Å². The summed E-state index contributed by atoms with van der Waals surface area (Å²) in [5.74, 6) is 0.227. The fraction of sp³-hybridized carbons (Fsp3) is 0.533. The van der Waals surface area contributed by atoms with Crippen LogP contribution in [0.1, 0.15) is 26.3 Å². The van der Waals surface area contributed by atoms with Crippen molar-refractivity contribution < 1.29 is 9.53 Å². The molecule has 3 heteroatoms. The van der Waals surface area contributed by atoms with Crippen LogP contribution >= 0.6 is 0 Å². The maximum absolute atomic E-state index is 12.2. The highest BCUT2D eigenvalue weighted by Crippen LogP contribution is 2.40. The zero-order valence-electron chi connectivity index (χ0n) is 11.5. The van der Waals surface area contributed by atoms with Crippen LogP contribution in [0.15, 0.2) is 24.3 Å². The molecule has 98 valence electrons. The third-order valence-electron chi connectivity index (χ3n) is 3.89. The van der Waals surface area contributed by atoms with Gasteiger partial charge in [-0.1, -0.05) is 32.0 Å². The SMILES string of the molecule is COC(=O)[C@@]1(C)Cc2ccccc2N[C@H]1C(C)C. The number of para-hydroxylation sites is 1. The van der Waals surface area contributed by atoms with Crippen LogP contribution in [0, 0.1) is 11.3 Å². The Hall–Kier alpha value is -1.51. The molecule has 1 aliphatic rings. The number of esters is 1. The minimum Gasteiger partial charge on any atom is -0.469 e. The summed E-state index contributed by atoms with van der Waals surface area (Å²) in [6.45, 7) is 6.26. The largest absolute Gasteiger partial charge is 0.469 e. The van der Waals surface area contributed by atoms with E-state index in [1.165, 1.54) is 12.7 Å². The summed E-state index contributed by atoms with van der Waals surface area (Å²) in [4.78, 5) is 12.2. The van der Waals surface area contributed by atoms with Crippen molar-refractivity contribution in [1.29, 1.82) is 0 Å². The Labute approximate surface area is 109 Å². The average molecular weight is 247 g/mol. The van der Waals surface area contributed by atoms with E-state index in [0.29, 0.717) is 5.92 Å². The second-order valence-electron chi connectivity index (χ2n) is 5.61. The lowest BCUT2D eigenvalue weighted by atomic mass is 9.70. The van der Waals surface area contributed by atoms with Gasteiger partial charge in [0.15, 0.2) is 0 Å². The van der Waals surface area contributed by atoms with E-state index in [1.807, 2.05) is 19.1 Å². The summed E-state index contributed by atoms with van der Waals surface area (Å²) >= 11 is 0. The topological polar surface area (TPSA) is 38.3 Å². The molecule has 0 bridgehead atoms. The first-order valence-electron chi connectivity index (χ1n) is 6.42. The van der Waals surface area contributed by atoms with Gasteiger partial charge in [0.2, 0.25) is 0 Å². The van der Waals surface area contributed by atoms with Crippen molar-refractivity contribution in [3.8, 4) is 0 Å². The van der Waals surface area contributed by atoms with E-state index in [4.69, 9.17) is 4.74 Å². The van der Waals surface area contributed by atoms with Crippen LogP contribution in [0.2, 0.25) is 0 Å². The molecule has 3 nitrogen and oxygen atoms in total. The fourth-order valence-corrected chi connectivity index (χ4v) is 2.98. The molecule has 0 saturated heterocycles. The number of carbonyl (C=O) groups is 1. The van der Waals surface area contributed by atoms with E-state index in [9.17, 15) is 4.79 Å². The Morgan fingerprint density at radius 1 is 1.44 bits per heavy atom. The number of methoxy groups -OCH3 is 1. The first kappa shape index (κ1) is 12.9. The average Bonchev–Trinajstić information content (AvgIpc) is 2.36. The highest BCUT2D eigenvalue weighted by molar-refractivity contribution is 5.80. The number of hydrogen-bond donors (Lipinski definition) is 1. The Kier molecular flexibility index (Phi) is 3.33. The molecule has 0 radical (unpaired) electrons. The minimum atomic E-state index is -0.503. The summed E-state index contributed by atoms with van der Waals surface area (Å²) in [5, 5.41) is 3.50. The van der Waals surface area contributed by atoms with Crippen LogP contribution < -0.4 is 5.32 Å². The third-order valence-corrected chi connectivity index (χ3v) is 3.89. The van der Waals surface area contributed by atoms with Crippen molar-refractivity contribution in [2.24, 2.45) is 11.3 Å². The second-order valence-corrected chi connectivity index (χ2v) is 5.61. The molecule has 0 aromatic heterocycles. The van der Waals surface area contributed by atoms with Crippen LogP contribution in [0.25, 0.3) is 0 Å². The van der Waals surface area contributed by atoms with Crippen LogP contribution in [-0.4, -0.2) is 19.1 Å². The molecular formula is C15H21NO2. The van der Waals surface area contributed by atoms with Gasteiger partial charge >= 0.3 is 5.97 Å². The van der Waals surface area contributed by atoms with E-state index < -0.39 is 5.41 Å². The van der Waals surface area contributed by atoms with Gasteiger partial charge in [-0.25, -0.2) is 0 Å². The van der Waals surface area contributed by atoms with Gasteiger partial charge in [0.1, 0.15) is 0 Å². The second kappa shape index (κ2) is 4.63. The Morgan fingerprint density at radius 3 is 2.72 bits per heavy atom. The van der Waals surface area contributed by atoms with E-state index >= 15 is 0 Å². The molecule has 0 spiro atoms. The van der Waals surface area contributed by atoms with Crippen LogP contribution in [0.5, 0.6) is 0 Å². The van der Waals surface area contributed by atoms with E-state index in [1.54, 1.807) is 0 Å². The van der Waals surface area contributed by atoms with Crippen molar-refractivity contribution in [3.63, 3.8) is 0 Å². The lowest BCUT2D eigenvalue weighted by molar-refractivity contribution is -0.153. The number of ether oxygens (including phenoxy) is 1. The lowest BCUT2D eigenvalue weighted by Crippen LogP contribution is -2.52. The first-order valence-corrected chi connectivity index (χ1v) is 6.42. The summed E-state index contributed by atoms with van der Waals surface area (Å²) in [7, 11) is 1.46. The van der Waals surface area contributed by atoms with Gasteiger partial charge in [-0.2, -0.15) is 0 Å². The molecule has 1 aliphatic heterocycles. The maximum Gasteiger partial charge on any atom is 0.313 e. The van der Waals surface area contributed by atoms with Gasteiger partial charge in [0.25, 0.3) is 0 Å². The number of anilines is 1. The normalized spacial score (nSPS) is 26.4. The molecule has 2 atom stereocenters. The summed E-state index contributed by atoms with van der Waals surface area (Å²) < 4.78 is 5.01. The number of benzene rings is 1. The summed E-state index contributed by atoms with van der Waals surface area (Å²) in [6.07, 6.45) is 0.728. The van der Waals surface area contributed by atoms with Crippen LogP contribution in [-0.2, 0) is 16.0 Å². The molecule has 0 amide bonds. The van der Waals surface area contributed by atoms with E-state index in [-0.39, 0.29) is 12.0 Å². The number of rotatable bonds is 2. The molecule has 0 unspecified atom stereocenters. The molecule has 0 fully saturated rings. The number of nitrogens with one attached hydrogen (secondary N) is 1. The number of fused-ring (bicyclic) bond motifs is 1. The van der Waals surface area contributed by atoms with Gasteiger partial charge in [-0.15, -0.1) is 0 Å². The van der Waals surface area contributed by atoms with Crippen molar-refractivity contribution in [3.05, 3.63) is 29.8 Å². The molecule has 18 heavy (non-hydrogen) atoms. The van der Waals surface area contributed by atoms with Crippen molar-refractivity contribution in [2.45, 2.75) is 33.2 Å². The predicted molar refractivity (Wildman–Crippen MR) is 72.5 cm³/mol. The molecule has 0 aliphatic carbocycles. The Bertz CT molecular complexity index is 456. The van der Waals surface area contributed by atoms with Gasteiger partial charge in [0, 0.05) is 11.7 Å². The molecule has 1 aromatic rings. The summed E-state index contributed by atoms with van der Waals surface area (Å²) in [5.41, 5.74) is 1.82. The zero-order valence-corrected chi connectivity index (χ0v) is 11.5. The van der Waals surface area contributed by atoms with Gasteiger partial charge < -0.3 is 10.1 Å². The lowest BCUT2D eigenvalue weighted by Gasteiger charge is -2.43. The summed E-state index contributed by atoms with van der Waals surface area (Å²) in [6, 6.07) is 8.26. The number of carbonyl (C=O) groups excluding carboxylic acids is 1. The van der Waals surface area contributed by atoms with Crippen molar-refractivity contribution >= 4 is 11.7 Å². The van der Waals surface area contributed by atoms with Crippen LogP contribution in [0.4, 0.5) is 5.69 Å². The fourth-order valence-electron chi connectivity index (χ4n) is 2.98. The quantitative estimate of drug-likeness (QED) is 0.817. The van der Waals surface area contributed by atoms with Crippen molar-refractivity contribution in [1.82, 2.24) is 0 Å². The first-order chi connectivity index (χ1) is 8.49. The highest BCUT2D eigenvalue weighted by atomic mass is 16.5. The van der Waals surface area contributed by atoms with Gasteiger partial charge in [-0.3, -0.25) is 4.79 Å². The number of hydrogen-bond acceptors (Lipinski definition) is 3. The molecule has 2 rings (SSSR count). The van der Waals surface area contributed by atoms with E-state index in [0.717, 1.165) is 12.1 Å². The molecular weight excluding hydrogens is 226 g/mol. The molecule has 1 aromatic carbocycles.